The Balaban J connectivity index is 1.58. The molecular formula is C21H19N5S3. The van der Waals surface area contributed by atoms with Crippen LogP contribution in [0.15, 0.2) is 64.1 Å². The maximum atomic E-state index is 8.85. The van der Waals surface area contributed by atoms with Crippen LogP contribution in [-0.2, 0) is 5.75 Å². The summed E-state index contributed by atoms with van der Waals surface area (Å²) >= 11 is 5.06. The Labute approximate surface area is 182 Å². The van der Waals surface area contributed by atoms with E-state index in [0.717, 1.165) is 32.9 Å². The summed E-state index contributed by atoms with van der Waals surface area (Å²) in [7, 11) is 0. The molecule has 0 N–H and O–H groups in total. The van der Waals surface area contributed by atoms with Crippen LogP contribution in [-0.4, -0.2) is 25.0 Å². The van der Waals surface area contributed by atoms with Crippen molar-refractivity contribution >= 4 is 45.1 Å². The molecule has 2 aromatic heterocycles. The van der Waals surface area contributed by atoms with Gasteiger partial charge in [-0.15, -0.1) is 21.5 Å². The second-order valence-electron chi connectivity index (χ2n) is 6.43. The summed E-state index contributed by atoms with van der Waals surface area (Å²) in [5, 5.41) is 18.9. The number of benzene rings is 2. The van der Waals surface area contributed by atoms with Crippen molar-refractivity contribution in [2.75, 3.05) is 0 Å². The van der Waals surface area contributed by atoms with Gasteiger partial charge in [-0.05, 0) is 30.7 Å². The van der Waals surface area contributed by atoms with Gasteiger partial charge in [0, 0.05) is 17.4 Å². The van der Waals surface area contributed by atoms with Crippen LogP contribution in [0.1, 0.15) is 25.6 Å². The zero-order valence-electron chi connectivity index (χ0n) is 15.9. The zero-order valence-corrected chi connectivity index (χ0v) is 18.3. The van der Waals surface area contributed by atoms with E-state index in [4.69, 9.17) is 10.2 Å². The van der Waals surface area contributed by atoms with Crippen molar-refractivity contribution in [2.45, 2.75) is 40.3 Å². The molecule has 4 rings (SSSR count). The molecule has 5 nitrogen and oxygen atoms in total. The summed E-state index contributed by atoms with van der Waals surface area (Å²) in [6, 6.07) is 20.6. The molecule has 0 aliphatic carbocycles. The molecule has 0 amide bonds. The number of nitriles is 1. The highest BCUT2D eigenvalue weighted by molar-refractivity contribution is 8.00. The third-order valence-electron chi connectivity index (χ3n) is 4.28. The first-order chi connectivity index (χ1) is 14.2. The van der Waals surface area contributed by atoms with Gasteiger partial charge in [0.05, 0.1) is 22.0 Å². The van der Waals surface area contributed by atoms with E-state index >= 15 is 0 Å². The minimum Gasteiger partial charge on any atom is -0.273 e. The molecule has 0 bridgehead atoms. The molecule has 0 saturated carbocycles. The second kappa shape index (κ2) is 9.44. The Morgan fingerprint density at radius 1 is 1.10 bits per heavy atom. The number of hydrogen-bond donors (Lipinski definition) is 0. The van der Waals surface area contributed by atoms with E-state index in [1.165, 1.54) is 4.70 Å². The Morgan fingerprint density at radius 3 is 2.69 bits per heavy atom. The zero-order chi connectivity index (χ0) is 20.1. The molecule has 1 atom stereocenters. The molecule has 0 aliphatic heterocycles. The van der Waals surface area contributed by atoms with Crippen molar-refractivity contribution < 1.29 is 0 Å². The minimum atomic E-state index is 0.297. The molecule has 2 heterocycles. The first kappa shape index (κ1) is 20.0. The summed E-state index contributed by atoms with van der Waals surface area (Å²) in [5.74, 6) is 1.59. The fraction of sp³-hybridized carbons (Fsp3) is 0.238. The highest BCUT2D eigenvalue weighted by atomic mass is 32.2. The highest BCUT2D eigenvalue weighted by Crippen LogP contribution is 2.33. The first-order valence-corrected chi connectivity index (χ1v) is 11.9. The van der Waals surface area contributed by atoms with Gasteiger partial charge in [-0.25, -0.2) is 4.98 Å². The molecular weight excluding hydrogens is 418 g/mol. The van der Waals surface area contributed by atoms with Crippen LogP contribution >= 0.6 is 34.9 Å². The lowest BCUT2D eigenvalue weighted by Crippen LogP contribution is -2.04. The maximum Gasteiger partial charge on any atom is 0.196 e. The number of nitrogens with zero attached hydrogens (tertiary/aromatic N) is 5. The highest BCUT2D eigenvalue weighted by Gasteiger charge is 2.18. The van der Waals surface area contributed by atoms with Gasteiger partial charge < -0.3 is 0 Å². The van der Waals surface area contributed by atoms with Crippen LogP contribution in [0.4, 0.5) is 0 Å². The molecule has 29 heavy (non-hydrogen) atoms. The Kier molecular flexibility index (Phi) is 6.49. The van der Waals surface area contributed by atoms with Gasteiger partial charge in [0.2, 0.25) is 0 Å². The van der Waals surface area contributed by atoms with Crippen molar-refractivity contribution in [3.63, 3.8) is 0 Å². The van der Waals surface area contributed by atoms with Gasteiger partial charge in [0.1, 0.15) is 5.82 Å². The van der Waals surface area contributed by atoms with E-state index in [0.29, 0.717) is 17.4 Å². The van der Waals surface area contributed by atoms with Crippen molar-refractivity contribution in [1.29, 1.82) is 5.26 Å². The predicted octanol–water partition coefficient (Wildman–Crippen LogP) is 5.95. The summed E-state index contributed by atoms with van der Waals surface area (Å²) in [6.45, 7) is 2.13. The van der Waals surface area contributed by atoms with E-state index in [9.17, 15) is 0 Å². The monoisotopic (exact) mass is 437 g/mol. The summed E-state index contributed by atoms with van der Waals surface area (Å²) in [6.07, 6.45) is 1.38. The molecule has 1 unspecified atom stereocenters. The normalized spacial score (nSPS) is 12.1. The molecule has 146 valence electrons. The molecule has 0 fully saturated rings. The molecule has 2 aromatic carbocycles. The van der Waals surface area contributed by atoms with Gasteiger partial charge in [-0.2, -0.15) is 5.26 Å². The number of hydrogen-bond acceptors (Lipinski definition) is 7. The number of thiazole rings is 1. The fourth-order valence-corrected chi connectivity index (χ4v) is 5.83. The molecule has 4 aromatic rings. The standard InChI is InChI=1S/C21H19N5S3/c1-15(8-7-13-22)28-20-25-24-19(26(20)16-9-3-2-4-10-16)14-27-21-23-17-11-5-6-12-18(17)29-21/h2-6,9-12,15H,7-8,14H2,1H3. The Morgan fingerprint density at radius 2 is 1.90 bits per heavy atom. The molecule has 0 saturated heterocycles. The summed E-state index contributed by atoms with van der Waals surface area (Å²) < 4.78 is 4.35. The van der Waals surface area contributed by atoms with Crippen LogP contribution in [0.25, 0.3) is 15.9 Å². The molecule has 0 spiro atoms. The predicted molar refractivity (Wildman–Crippen MR) is 121 cm³/mol. The number of fused-ring (bicyclic) bond motifs is 1. The van der Waals surface area contributed by atoms with Gasteiger partial charge >= 0.3 is 0 Å². The van der Waals surface area contributed by atoms with Gasteiger partial charge in [0.15, 0.2) is 9.50 Å². The van der Waals surface area contributed by atoms with E-state index in [1.807, 2.05) is 36.4 Å². The Bertz CT molecular complexity index is 1100. The number of rotatable bonds is 8. The van der Waals surface area contributed by atoms with Crippen LogP contribution in [0, 0.1) is 11.3 Å². The average molecular weight is 438 g/mol. The smallest absolute Gasteiger partial charge is 0.196 e. The van der Waals surface area contributed by atoms with Crippen molar-refractivity contribution in [1.82, 2.24) is 19.7 Å². The largest absolute Gasteiger partial charge is 0.273 e. The van der Waals surface area contributed by atoms with Crippen LogP contribution in [0.3, 0.4) is 0 Å². The van der Waals surface area contributed by atoms with Crippen LogP contribution in [0.2, 0.25) is 0 Å². The van der Waals surface area contributed by atoms with Gasteiger partial charge in [0.25, 0.3) is 0 Å². The lowest BCUT2D eigenvalue weighted by molar-refractivity contribution is 0.814. The maximum absolute atomic E-state index is 8.85. The van der Waals surface area contributed by atoms with Gasteiger partial charge in [-0.1, -0.05) is 60.8 Å². The third-order valence-corrected chi connectivity index (χ3v) is 7.57. The number of para-hydroxylation sites is 2. The minimum absolute atomic E-state index is 0.297. The van der Waals surface area contributed by atoms with E-state index < -0.39 is 0 Å². The van der Waals surface area contributed by atoms with Crippen molar-refractivity contribution in [3.05, 3.63) is 60.4 Å². The molecule has 0 aliphatic rings. The summed E-state index contributed by atoms with van der Waals surface area (Å²) in [5.41, 5.74) is 2.08. The molecule has 0 radical (unpaired) electrons. The second-order valence-corrected chi connectivity index (χ2v) is 10.1. The average Bonchev–Trinajstić information content (AvgIpc) is 3.34. The van der Waals surface area contributed by atoms with Crippen LogP contribution in [0.5, 0.6) is 0 Å². The lowest BCUT2D eigenvalue weighted by atomic mass is 10.3. The van der Waals surface area contributed by atoms with Crippen LogP contribution < -0.4 is 0 Å². The summed E-state index contributed by atoms with van der Waals surface area (Å²) in [4.78, 5) is 4.71. The van der Waals surface area contributed by atoms with Crippen molar-refractivity contribution in [3.8, 4) is 11.8 Å². The van der Waals surface area contributed by atoms with Gasteiger partial charge in [-0.3, -0.25) is 4.57 Å². The lowest BCUT2D eigenvalue weighted by Gasteiger charge is -2.12. The van der Waals surface area contributed by atoms with Crippen molar-refractivity contribution in [2.24, 2.45) is 0 Å². The number of aromatic nitrogens is 4. The van der Waals surface area contributed by atoms with E-state index in [2.05, 4.69) is 46.0 Å². The van der Waals surface area contributed by atoms with E-state index in [1.54, 1.807) is 34.9 Å². The SMILES string of the molecule is CC(CCC#N)Sc1nnc(CSc2nc3ccccc3s2)n1-c1ccccc1. The first-order valence-electron chi connectivity index (χ1n) is 9.26. The van der Waals surface area contributed by atoms with E-state index in [-0.39, 0.29) is 0 Å². The quantitative estimate of drug-likeness (QED) is 0.317. The topological polar surface area (TPSA) is 67.4 Å². The fourth-order valence-electron chi connectivity index (χ4n) is 2.85. The Hall–Kier alpha value is -2.34. The third kappa shape index (κ3) is 4.81. The number of thioether (sulfide) groups is 2. The molecule has 8 heteroatoms.